The fourth-order valence-corrected chi connectivity index (χ4v) is 3.51. The van der Waals surface area contributed by atoms with Gasteiger partial charge < -0.3 is 19.2 Å². The zero-order valence-electron chi connectivity index (χ0n) is 19.9. The van der Waals surface area contributed by atoms with E-state index in [1.807, 2.05) is 92.4 Å². The molecule has 0 radical (unpaired) electrons. The number of carbonyl (C=O) groups excluding carboxylic acids is 1. The minimum atomic E-state index is -0.812. The summed E-state index contributed by atoms with van der Waals surface area (Å²) in [5.41, 5.74) is 3.41. The molecule has 2 aromatic carbocycles. The molecule has 0 spiro atoms. The van der Waals surface area contributed by atoms with Gasteiger partial charge in [-0.2, -0.15) is 0 Å². The third kappa shape index (κ3) is 6.85. The summed E-state index contributed by atoms with van der Waals surface area (Å²) in [7, 11) is 0. The molecule has 0 aliphatic carbocycles. The predicted octanol–water partition coefficient (Wildman–Crippen LogP) is 6.19. The maximum Gasteiger partial charge on any atom is 0.303 e. The largest absolute Gasteiger partial charge is 0.489 e. The molecule has 0 saturated heterocycles. The first-order valence-corrected chi connectivity index (χ1v) is 11.4. The molecule has 0 fully saturated rings. The topological polar surface area (TPSA) is 80.0 Å². The monoisotopic (exact) mass is 461 g/mol. The molecule has 0 unspecified atom stereocenters. The fraction of sp³-hybridized carbons (Fsp3) is 0.286. The summed E-state index contributed by atoms with van der Waals surface area (Å²) in [6.07, 6.45) is 4.12. The Labute approximate surface area is 200 Å². The summed E-state index contributed by atoms with van der Waals surface area (Å²) in [4.78, 5) is 25.9. The van der Waals surface area contributed by atoms with Gasteiger partial charge in [0.2, 0.25) is 0 Å². The van der Waals surface area contributed by atoms with Crippen molar-refractivity contribution in [1.82, 2.24) is 4.90 Å². The van der Waals surface area contributed by atoms with E-state index in [9.17, 15) is 9.59 Å². The standard InChI is InChI=1S/C28H31NO5/c1-20(2)29(28(32)23-13-11-22(12-14-23)25-9-6-17-33-25)19-24-7-4-5-8-26(24)34-18-16-21(3)10-15-27(30)31/h4-9,11-14,16-17,20H,10,15,18-19H2,1-3H3,(H,30,31)/b21-16+. The first kappa shape index (κ1) is 24.8. The molecule has 1 heterocycles. The van der Waals surface area contributed by atoms with Crippen molar-refractivity contribution in [3.63, 3.8) is 0 Å². The summed E-state index contributed by atoms with van der Waals surface area (Å²) in [5.74, 6) is 0.600. The maximum atomic E-state index is 13.3. The number of carbonyl (C=O) groups is 2. The molecule has 0 aliphatic rings. The summed E-state index contributed by atoms with van der Waals surface area (Å²) in [6.45, 7) is 6.63. The van der Waals surface area contributed by atoms with Crippen LogP contribution in [0.15, 0.2) is 83.0 Å². The number of aliphatic carboxylic acids is 1. The summed E-state index contributed by atoms with van der Waals surface area (Å²) >= 11 is 0. The van der Waals surface area contributed by atoms with Gasteiger partial charge in [-0.3, -0.25) is 9.59 Å². The lowest BCUT2D eigenvalue weighted by atomic mass is 10.1. The molecule has 1 amide bonds. The van der Waals surface area contributed by atoms with Crippen molar-refractivity contribution >= 4 is 11.9 Å². The fourth-order valence-electron chi connectivity index (χ4n) is 3.51. The number of para-hydroxylation sites is 1. The number of nitrogens with zero attached hydrogens (tertiary/aromatic N) is 1. The van der Waals surface area contributed by atoms with Crippen molar-refractivity contribution in [3.05, 3.63) is 89.7 Å². The van der Waals surface area contributed by atoms with Crippen LogP contribution in [0.2, 0.25) is 0 Å². The Hall–Kier alpha value is -3.80. The molecule has 6 heteroatoms. The number of allylic oxidation sites excluding steroid dienone is 1. The maximum absolute atomic E-state index is 13.3. The lowest BCUT2D eigenvalue weighted by molar-refractivity contribution is -0.136. The highest BCUT2D eigenvalue weighted by Crippen LogP contribution is 2.24. The molecule has 3 rings (SSSR count). The molecule has 1 aromatic heterocycles. The highest BCUT2D eigenvalue weighted by molar-refractivity contribution is 5.94. The summed E-state index contributed by atoms with van der Waals surface area (Å²) in [6, 6.07) is 18.8. The second-order valence-electron chi connectivity index (χ2n) is 8.44. The normalized spacial score (nSPS) is 11.5. The number of hydrogen-bond donors (Lipinski definition) is 1. The van der Waals surface area contributed by atoms with Crippen LogP contribution in [0, 0.1) is 0 Å². The molecule has 6 nitrogen and oxygen atoms in total. The lowest BCUT2D eigenvalue weighted by Crippen LogP contribution is -2.36. The van der Waals surface area contributed by atoms with Crippen LogP contribution in [-0.2, 0) is 11.3 Å². The van der Waals surface area contributed by atoms with E-state index in [0.29, 0.717) is 30.9 Å². The molecular weight excluding hydrogens is 430 g/mol. The second-order valence-corrected chi connectivity index (χ2v) is 8.44. The zero-order valence-corrected chi connectivity index (χ0v) is 19.9. The van der Waals surface area contributed by atoms with Crippen LogP contribution in [0.25, 0.3) is 11.3 Å². The van der Waals surface area contributed by atoms with Crippen molar-refractivity contribution in [3.8, 4) is 17.1 Å². The minimum absolute atomic E-state index is 0.0107. The molecule has 3 aromatic rings. The van der Waals surface area contributed by atoms with Gasteiger partial charge in [0, 0.05) is 35.7 Å². The van der Waals surface area contributed by atoms with E-state index < -0.39 is 5.97 Å². The number of ether oxygens (including phenoxy) is 1. The van der Waals surface area contributed by atoms with Crippen LogP contribution in [0.1, 0.15) is 49.5 Å². The number of furan rings is 1. The van der Waals surface area contributed by atoms with E-state index in [-0.39, 0.29) is 18.4 Å². The van der Waals surface area contributed by atoms with Gasteiger partial charge in [0.15, 0.2) is 0 Å². The SMILES string of the molecule is C/C(=C\COc1ccccc1CN(C(=O)c1ccc(-c2ccco2)cc1)C(C)C)CCC(=O)O. The van der Waals surface area contributed by atoms with Gasteiger partial charge in [0.25, 0.3) is 5.91 Å². The van der Waals surface area contributed by atoms with Gasteiger partial charge in [-0.25, -0.2) is 0 Å². The number of hydrogen-bond acceptors (Lipinski definition) is 4. The Morgan fingerprint density at radius 1 is 1.03 bits per heavy atom. The molecular formula is C28H31NO5. The van der Waals surface area contributed by atoms with Gasteiger partial charge in [0.05, 0.1) is 6.26 Å². The molecule has 0 aliphatic heterocycles. The number of amides is 1. The van der Waals surface area contributed by atoms with Crippen molar-refractivity contribution in [2.45, 2.75) is 46.2 Å². The lowest BCUT2D eigenvalue weighted by Gasteiger charge is -2.28. The van der Waals surface area contributed by atoms with E-state index in [0.717, 1.165) is 22.5 Å². The molecule has 0 saturated carbocycles. The first-order valence-electron chi connectivity index (χ1n) is 11.4. The Morgan fingerprint density at radius 3 is 2.41 bits per heavy atom. The van der Waals surface area contributed by atoms with Crippen LogP contribution >= 0.6 is 0 Å². The van der Waals surface area contributed by atoms with E-state index in [1.165, 1.54) is 0 Å². The van der Waals surface area contributed by atoms with E-state index in [1.54, 1.807) is 6.26 Å². The van der Waals surface area contributed by atoms with Crippen LogP contribution in [0.5, 0.6) is 5.75 Å². The Morgan fingerprint density at radius 2 is 1.76 bits per heavy atom. The van der Waals surface area contributed by atoms with Crippen molar-refractivity contribution in [2.75, 3.05) is 6.61 Å². The first-order chi connectivity index (χ1) is 16.3. The molecule has 1 N–H and O–H groups in total. The third-order valence-electron chi connectivity index (χ3n) is 5.54. The van der Waals surface area contributed by atoms with Crippen molar-refractivity contribution in [2.24, 2.45) is 0 Å². The average molecular weight is 462 g/mol. The second kappa shape index (κ2) is 11.9. The van der Waals surface area contributed by atoms with E-state index in [2.05, 4.69) is 0 Å². The van der Waals surface area contributed by atoms with Crippen LogP contribution in [0.3, 0.4) is 0 Å². The smallest absolute Gasteiger partial charge is 0.303 e. The Balaban J connectivity index is 1.70. The number of carboxylic acid groups (broad SMARTS) is 1. The van der Waals surface area contributed by atoms with Crippen LogP contribution in [-0.4, -0.2) is 34.5 Å². The number of carboxylic acids is 1. The van der Waals surface area contributed by atoms with E-state index >= 15 is 0 Å². The molecule has 0 bridgehead atoms. The van der Waals surface area contributed by atoms with Crippen LogP contribution in [0.4, 0.5) is 0 Å². The highest BCUT2D eigenvalue weighted by atomic mass is 16.5. The van der Waals surface area contributed by atoms with Gasteiger partial charge in [0.1, 0.15) is 18.1 Å². The number of rotatable bonds is 11. The predicted molar refractivity (Wildman–Crippen MR) is 132 cm³/mol. The van der Waals surface area contributed by atoms with Gasteiger partial charge in [-0.05, 0) is 63.6 Å². The van der Waals surface area contributed by atoms with E-state index in [4.69, 9.17) is 14.3 Å². The summed E-state index contributed by atoms with van der Waals surface area (Å²) < 4.78 is 11.4. The molecule has 178 valence electrons. The average Bonchev–Trinajstić information content (AvgIpc) is 3.36. The minimum Gasteiger partial charge on any atom is -0.489 e. The van der Waals surface area contributed by atoms with Gasteiger partial charge in [-0.1, -0.05) is 35.9 Å². The highest BCUT2D eigenvalue weighted by Gasteiger charge is 2.21. The molecule has 34 heavy (non-hydrogen) atoms. The van der Waals surface area contributed by atoms with Crippen molar-refractivity contribution in [1.29, 1.82) is 0 Å². The summed E-state index contributed by atoms with van der Waals surface area (Å²) in [5, 5.41) is 8.82. The third-order valence-corrected chi connectivity index (χ3v) is 5.54. The quantitative estimate of drug-likeness (QED) is 0.345. The van der Waals surface area contributed by atoms with Gasteiger partial charge >= 0.3 is 5.97 Å². The zero-order chi connectivity index (χ0) is 24.5. The van der Waals surface area contributed by atoms with Crippen molar-refractivity contribution < 1.29 is 23.8 Å². The van der Waals surface area contributed by atoms with Gasteiger partial charge in [-0.15, -0.1) is 0 Å². The molecule has 0 atom stereocenters. The Bertz CT molecular complexity index is 1110. The van der Waals surface area contributed by atoms with Crippen LogP contribution < -0.4 is 4.74 Å². The number of benzene rings is 2. The Kier molecular flexibility index (Phi) is 8.68.